The second kappa shape index (κ2) is 9.00. The van der Waals surface area contributed by atoms with Crippen molar-refractivity contribution in [3.8, 4) is 0 Å². The summed E-state index contributed by atoms with van der Waals surface area (Å²) >= 11 is 0. The second-order valence-electron chi connectivity index (χ2n) is 7.92. The van der Waals surface area contributed by atoms with Crippen molar-refractivity contribution < 1.29 is 14.4 Å². The first-order chi connectivity index (χ1) is 15.0. The Morgan fingerprint density at radius 3 is 2.52 bits per heavy atom. The van der Waals surface area contributed by atoms with E-state index in [1.165, 1.54) is 0 Å². The maximum atomic E-state index is 12.6. The minimum absolute atomic E-state index is 0.143. The summed E-state index contributed by atoms with van der Waals surface area (Å²) in [5, 5.41) is 10.6. The lowest BCUT2D eigenvalue weighted by Gasteiger charge is -2.15. The third kappa shape index (κ3) is 5.28. The SMILES string of the molecule is C[C@H](NC(=O)Cc1cccc2ccccc12)C(=O)Nc1cccc(C(=O)NC2CC2)c1. The largest absolute Gasteiger partial charge is 0.349 e. The maximum absolute atomic E-state index is 12.6. The van der Waals surface area contributed by atoms with E-state index in [1.54, 1.807) is 31.2 Å². The quantitative estimate of drug-likeness (QED) is 0.553. The third-order valence-corrected chi connectivity index (χ3v) is 5.31. The molecule has 1 saturated carbocycles. The van der Waals surface area contributed by atoms with Crippen molar-refractivity contribution in [1.82, 2.24) is 10.6 Å². The first kappa shape index (κ1) is 20.6. The Morgan fingerprint density at radius 1 is 0.968 bits per heavy atom. The molecular weight excluding hydrogens is 390 g/mol. The fourth-order valence-electron chi connectivity index (χ4n) is 3.46. The Bertz CT molecular complexity index is 1130. The summed E-state index contributed by atoms with van der Waals surface area (Å²) in [5.74, 6) is -0.711. The molecule has 1 atom stereocenters. The topological polar surface area (TPSA) is 87.3 Å². The smallest absolute Gasteiger partial charge is 0.251 e. The molecule has 0 heterocycles. The van der Waals surface area contributed by atoms with Crippen LogP contribution in [0, 0.1) is 0 Å². The number of nitrogens with one attached hydrogen (secondary N) is 3. The van der Waals surface area contributed by atoms with Crippen LogP contribution in [0.4, 0.5) is 5.69 Å². The van der Waals surface area contributed by atoms with Crippen LogP contribution in [-0.4, -0.2) is 29.8 Å². The van der Waals surface area contributed by atoms with E-state index in [4.69, 9.17) is 0 Å². The minimum Gasteiger partial charge on any atom is -0.349 e. The lowest BCUT2D eigenvalue weighted by Crippen LogP contribution is -2.42. The second-order valence-corrected chi connectivity index (χ2v) is 7.92. The number of carbonyl (C=O) groups is 3. The highest BCUT2D eigenvalue weighted by Gasteiger charge is 2.24. The van der Waals surface area contributed by atoms with Crippen LogP contribution in [0.2, 0.25) is 0 Å². The number of fused-ring (bicyclic) bond motifs is 1. The van der Waals surface area contributed by atoms with Crippen LogP contribution in [-0.2, 0) is 16.0 Å². The van der Waals surface area contributed by atoms with Crippen LogP contribution in [0.5, 0.6) is 0 Å². The van der Waals surface area contributed by atoms with Gasteiger partial charge in [0.15, 0.2) is 0 Å². The molecule has 1 aliphatic rings. The summed E-state index contributed by atoms with van der Waals surface area (Å²) in [7, 11) is 0. The summed E-state index contributed by atoms with van der Waals surface area (Å²) in [4.78, 5) is 37.3. The molecule has 1 aliphatic carbocycles. The lowest BCUT2D eigenvalue weighted by molar-refractivity contribution is -0.125. The number of carbonyl (C=O) groups excluding carboxylic acids is 3. The number of hydrogen-bond acceptors (Lipinski definition) is 3. The fraction of sp³-hybridized carbons (Fsp3) is 0.240. The molecule has 0 aromatic heterocycles. The van der Waals surface area contributed by atoms with E-state index in [-0.39, 0.29) is 30.2 Å². The third-order valence-electron chi connectivity index (χ3n) is 5.31. The monoisotopic (exact) mass is 415 g/mol. The van der Waals surface area contributed by atoms with E-state index < -0.39 is 6.04 Å². The molecule has 3 aromatic rings. The molecular formula is C25H25N3O3. The van der Waals surface area contributed by atoms with Crippen LogP contribution in [0.3, 0.4) is 0 Å². The van der Waals surface area contributed by atoms with Crippen LogP contribution in [0.1, 0.15) is 35.7 Å². The van der Waals surface area contributed by atoms with Crippen molar-refractivity contribution in [2.45, 2.75) is 38.3 Å². The van der Waals surface area contributed by atoms with Gasteiger partial charge in [0, 0.05) is 17.3 Å². The number of rotatable bonds is 7. The minimum atomic E-state index is -0.716. The predicted molar refractivity (Wildman–Crippen MR) is 121 cm³/mol. The molecule has 3 amide bonds. The van der Waals surface area contributed by atoms with Crippen molar-refractivity contribution in [2.75, 3.05) is 5.32 Å². The molecule has 6 nitrogen and oxygen atoms in total. The Balaban J connectivity index is 1.35. The van der Waals surface area contributed by atoms with Crippen molar-refractivity contribution in [2.24, 2.45) is 0 Å². The van der Waals surface area contributed by atoms with Gasteiger partial charge in [-0.2, -0.15) is 0 Å². The van der Waals surface area contributed by atoms with E-state index in [9.17, 15) is 14.4 Å². The lowest BCUT2D eigenvalue weighted by atomic mass is 10.0. The molecule has 158 valence electrons. The molecule has 1 fully saturated rings. The Hall–Kier alpha value is -3.67. The highest BCUT2D eigenvalue weighted by atomic mass is 16.2. The van der Waals surface area contributed by atoms with E-state index in [1.807, 2.05) is 42.5 Å². The van der Waals surface area contributed by atoms with Crippen molar-refractivity contribution in [3.05, 3.63) is 77.9 Å². The van der Waals surface area contributed by atoms with E-state index in [0.717, 1.165) is 29.2 Å². The molecule has 31 heavy (non-hydrogen) atoms. The summed E-state index contributed by atoms with van der Waals surface area (Å²) < 4.78 is 0. The van der Waals surface area contributed by atoms with Gasteiger partial charge in [0.2, 0.25) is 11.8 Å². The summed E-state index contributed by atoms with van der Waals surface area (Å²) in [6.07, 6.45) is 2.21. The van der Waals surface area contributed by atoms with Crippen LogP contribution >= 0.6 is 0 Å². The molecule has 0 bridgehead atoms. The standard InChI is InChI=1S/C25H25N3O3/c1-16(26-23(29)15-18-8-4-7-17-6-2-3-11-22(17)18)24(30)28-21-10-5-9-19(14-21)25(31)27-20-12-13-20/h2-11,14,16,20H,12-13,15H2,1H3,(H,26,29)(H,27,31)(H,28,30)/t16-/m0/s1. The van der Waals surface area contributed by atoms with Gasteiger partial charge >= 0.3 is 0 Å². The highest BCUT2D eigenvalue weighted by molar-refractivity contribution is 6.00. The average molecular weight is 415 g/mol. The summed E-state index contributed by atoms with van der Waals surface area (Å²) in [6.45, 7) is 1.64. The number of amides is 3. The first-order valence-corrected chi connectivity index (χ1v) is 10.5. The van der Waals surface area contributed by atoms with Crippen molar-refractivity contribution >= 4 is 34.2 Å². The van der Waals surface area contributed by atoms with Gasteiger partial charge < -0.3 is 16.0 Å². The van der Waals surface area contributed by atoms with Crippen LogP contribution in [0.25, 0.3) is 10.8 Å². The van der Waals surface area contributed by atoms with E-state index in [0.29, 0.717) is 11.3 Å². The van der Waals surface area contributed by atoms with E-state index >= 15 is 0 Å². The van der Waals surface area contributed by atoms with Crippen molar-refractivity contribution in [3.63, 3.8) is 0 Å². The maximum Gasteiger partial charge on any atom is 0.251 e. The van der Waals surface area contributed by atoms with Crippen LogP contribution < -0.4 is 16.0 Å². The molecule has 6 heteroatoms. The number of hydrogen-bond donors (Lipinski definition) is 3. The zero-order valence-corrected chi connectivity index (χ0v) is 17.4. The zero-order valence-electron chi connectivity index (χ0n) is 17.4. The Morgan fingerprint density at radius 2 is 1.71 bits per heavy atom. The molecule has 0 radical (unpaired) electrons. The first-order valence-electron chi connectivity index (χ1n) is 10.5. The predicted octanol–water partition coefficient (Wildman–Crippen LogP) is 3.42. The summed E-state index contributed by atoms with van der Waals surface area (Å²) in [5.41, 5.74) is 1.93. The highest BCUT2D eigenvalue weighted by Crippen LogP contribution is 2.20. The molecule has 0 spiro atoms. The van der Waals surface area contributed by atoms with Gasteiger partial charge in [0.25, 0.3) is 5.91 Å². The zero-order chi connectivity index (χ0) is 21.8. The number of anilines is 1. The normalized spacial score (nSPS) is 14.0. The molecule has 3 N–H and O–H groups in total. The van der Waals surface area contributed by atoms with Gasteiger partial charge in [0.05, 0.1) is 6.42 Å². The van der Waals surface area contributed by atoms with Gasteiger partial charge in [-0.05, 0) is 54.3 Å². The molecule has 0 saturated heterocycles. The average Bonchev–Trinajstić information content (AvgIpc) is 3.58. The Kier molecular flexibility index (Phi) is 5.98. The number of benzene rings is 3. The Labute approximate surface area is 181 Å². The molecule has 3 aromatic carbocycles. The van der Waals surface area contributed by atoms with Gasteiger partial charge in [0.1, 0.15) is 6.04 Å². The summed E-state index contributed by atoms with van der Waals surface area (Å²) in [6, 6.07) is 20.1. The molecule has 4 rings (SSSR count). The van der Waals surface area contributed by atoms with Gasteiger partial charge in [-0.1, -0.05) is 48.5 Å². The van der Waals surface area contributed by atoms with Gasteiger partial charge in [-0.25, -0.2) is 0 Å². The van der Waals surface area contributed by atoms with Crippen molar-refractivity contribution in [1.29, 1.82) is 0 Å². The molecule has 0 unspecified atom stereocenters. The van der Waals surface area contributed by atoms with E-state index in [2.05, 4.69) is 16.0 Å². The fourth-order valence-corrected chi connectivity index (χ4v) is 3.46. The van der Waals surface area contributed by atoms with Gasteiger partial charge in [-0.3, -0.25) is 14.4 Å². The molecule has 0 aliphatic heterocycles. The van der Waals surface area contributed by atoms with Gasteiger partial charge in [-0.15, -0.1) is 0 Å². The van der Waals surface area contributed by atoms with Crippen LogP contribution in [0.15, 0.2) is 66.7 Å².